The number of hydrogen-bond donors (Lipinski definition) is 1. The van der Waals surface area contributed by atoms with Gasteiger partial charge in [0.2, 0.25) is 11.2 Å². The summed E-state index contributed by atoms with van der Waals surface area (Å²) in [7, 11) is 0. The molecule has 0 unspecified atom stereocenters. The molecule has 0 bridgehead atoms. The lowest BCUT2D eigenvalue weighted by atomic mass is 10.1. The van der Waals surface area contributed by atoms with Crippen LogP contribution in [-0.2, 0) is 11.3 Å². The molecule has 1 saturated carbocycles. The van der Waals surface area contributed by atoms with Gasteiger partial charge in [-0.1, -0.05) is 24.0 Å². The van der Waals surface area contributed by atoms with E-state index in [-0.39, 0.29) is 17.1 Å². The number of benzene rings is 1. The molecular weight excluding hydrogens is 298 g/mol. The molecule has 0 radical (unpaired) electrons. The molecule has 3 rings (SSSR count). The van der Waals surface area contributed by atoms with Crippen LogP contribution in [0, 0.1) is 17.8 Å². The molecule has 22 heavy (non-hydrogen) atoms. The smallest absolute Gasteiger partial charge is 0.223 e. The third-order valence-electron chi connectivity index (χ3n) is 3.34. The third kappa shape index (κ3) is 4.06. The van der Waals surface area contributed by atoms with E-state index < -0.39 is 0 Å². The van der Waals surface area contributed by atoms with E-state index in [0.717, 1.165) is 24.0 Å². The van der Waals surface area contributed by atoms with Gasteiger partial charge in [0.25, 0.3) is 0 Å². The predicted octanol–water partition coefficient (Wildman–Crippen LogP) is 2.56. The van der Waals surface area contributed by atoms with Gasteiger partial charge in [-0.25, -0.2) is 9.97 Å². The Labute approximate surface area is 133 Å². The quantitative estimate of drug-likeness (QED) is 0.700. The molecule has 5 heteroatoms. The van der Waals surface area contributed by atoms with E-state index in [4.69, 9.17) is 11.6 Å². The Morgan fingerprint density at radius 3 is 2.41 bits per heavy atom. The van der Waals surface area contributed by atoms with Crippen molar-refractivity contribution in [2.24, 2.45) is 5.92 Å². The van der Waals surface area contributed by atoms with Crippen molar-refractivity contribution < 1.29 is 4.79 Å². The van der Waals surface area contributed by atoms with Crippen LogP contribution in [0.4, 0.5) is 0 Å². The Morgan fingerprint density at radius 1 is 1.14 bits per heavy atom. The SMILES string of the molecule is O=C(NCc1ccc(C#Cc2cnc(Cl)nc2)cc1)C1CC1. The second-order valence-electron chi connectivity index (χ2n) is 5.18. The maximum absolute atomic E-state index is 11.6. The van der Waals surface area contributed by atoms with Crippen LogP contribution in [0.15, 0.2) is 36.7 Å². The number of carbonyl (C=O) groups excluding carboxylic acids is 1. The molecule has 1 aliphatic rings. The molecule has 2 aromatic rings. The van der Waals surface area contributed by atoms with E-state index in [1.54, 1.807) is 12.4 Å². The average Bonchev–Trinajstić information content (AvgIpc) is 3.38. The summed E-state index contributed by atoms with van der Waals surface area (Å²) in [5.41, 5.74) is 2.67. The fourth-order valence-corrected chi connectivity index (χ4v) is 2.00. The molecule has 0 spiro atoms. The number of aromatic nitrogens is 2. The summed E-state index contributed by atoms with van der Waals surface area (Å²) in [4.78, 5) is 19.3. The lowest BCUT2D eigenvalue weighted by Gasteiger charge is -2.04. The molecular formula is C17H14ClN3O. The number of nitrogens with one attached hydrogen (secondary N) is 1. The molecule has 1 heterocycles. The molecule has 1 amide bonds. The lowest BCUT2D eigenvalue weighted by molar-refractivity contribution is -0.122. The Balaban J connectivity index is 1.59. The van der Waals surface area contributed by atoms with Gasteiger partial charge in [-0.2, -0.15) is 0 Å². The van der Waals surface area contributed by atoms with Crippen molar-refractivity contribution in [2.45, 2.75) is 19.4 Å². The first kappa shape index (κ1) is 14.6. The molecule has 1 aromatic heterocycles. The van der Waals surface area contributed by atoms with Crippen molar-refractivity contribution in [1.29, 1.82) is 0 Å². The number of nitrogens with zero attached hydrogens (tertiary/aromatic N) is 2. The summed E-state index contributed by atoms with van der Waals surface area (Å²) in [5, 5.41) is 3.15. The molecule has 1 fully saturated rings. The molecule has 1 aromatic carbocycles. The van der Waals surface area contributed by atoms with Crippen LogP contribution in [0.5, 0.6) is 0 Å². The van der Waals surface area contributed by atoms with Crippen molar-refractivity contribution in [2.75, 3.05) is 0 Å². The first-order valence-electron chi connectivity index (χ1n) is 7.07. The minimum absolute atomic E-state index is 0.159. The highest BCUT2D eigenvalue weighted by Gasteiger charge is 2.29. The number of rotatable bonds is 3. The van der Waals surface area contributed by atoms with Gasteiger partial charge in [-0.15, -0.1) is 0 Å². The Hall–Kier alpha value is -2.38. The van der Waals surface area contributed by atoms with E-state index in [1.165, 1.54) is 0 Å². The van der Waals surface area contributed by atoms with Crippen molar-refractivity contribution in [3.8, 4) is 11.8 Å². The number of halogens is 1. The second-order valence-corrected chi connectivity index (χ2v) is 5.52. The van der Waals surface area contributed by atoms with Crippen LogP contribution in [0.25, 0.3) is 0 Å². The standard InChI is InChI=1S/C17H14ClN3O/c18-17-20-10-14(11-21-17)6-3-12-1-4-13(5-2-12)9-19-16(22)15-7-8-15/h1-2,4-5,10-11,15H,7-9H2,(H,19,22). The minimum atomic E-state index is 0.159. The van der Waals surface area contributed by atoms with E-state index in [0.29, 0.717) is 12.1 Å². The number of amides is 1. The summed E-state index contributed by atoms with van der Waals surface area (Å²) in [6, 6.07) is 7.80. The van der Waals surface area contributed by atoms with Gasteiger partial charge < -0.3 is 5.32 Å². The fraction of sp³-hybridized carbons (Fsp3) is 0.235. The molecule has 4 nitrogen and oxygen atoms in total. The molecule has 1 aliphatic carbocycles. The molecule has 0 saturated heterocycles. The lowest BCUT2D eigenvalue weighted by Crippen LogP contribution is -2.24. The Bertz CT molecular complexity index is 725. The van der Waals surface area contributed by atoms with Crippen molar-refractivity contribution >= 4 is 17.5 Å². The van der Waals surface area contributed by atoms with E-state index in [2.05, 4.69) is 27.1 Å². The monoisotopic (exact) mass is 311 g/mol. The van der Waals surface area contributed by atoms with Gasteiger partial charge >= 0.3 is 0 Å². The molecule has 0 atom stereocenters. The van der Waals surface area contributed by atoms with Gasteiger partial charge in [-0.05, 0) is 42.1 Å². The van der Waals surface area contributed by atoms with Crippen LogP contribution in [0.1, 0.15) is 29.5 Å². The van der Waals surface area contributed by atoms with E-state index in [9.17, 15) is 4.79 Å². The summed E-state index contributed by atoms with van der Waals surface area (Å²) >= 11 is 5.62. The Kier molecular flexibility index (Phi) is 4.36. The summed E-state index contributed by atoms with van der Waals surface area (Å²) in [6.45, 7) is 0.564. The Morgan fingerprint density at radius 2 is 1.77 bits per heavy atom. The molecule has 110 valence electrons. The zero-order chi connectivity index (χ0) is 15.4. The van der Waals surface area contributed by atoms with Gasteiger partial charge in [0.15, 0.2) is 0 Å². The maximum Gasteiger partial charge on any atom is 0.223 e. The van der Waals surface area contributed by atoms with Gasteiger partial charge in [0.1, 0.15) is 0 Å². The average molecular weight is 312 g/mol. The van der Waals surface area contributed by atoms with Crippen LogP contribution in [0.2, 0.25) is 5.28 Å². The summed E-state index contributed by atoms with van der Waals surface area (Å²) in [6.07, 6.45) is 5.22. The minimum Gasteiger partial charge on any atom is -0.352 e. The number of hydrogen-bond acceptors (Lipinski definition) is 3. The van der Waals surface area contributed by atoms with Gasteiger partial charge in [-0.3, -0.25) is 4.79 Å². The topological polar surface area (TPSA) is 54.9 Å². The highest BCUT2D eigenvalue weighted by atomic mass is 35.5. The summed E-state index contributed by atoms with van der Waals surface area (Å²) in [5.74, 6) is 6.42. The number of carbonyl (C=O) groups is 1. The van der Waals surface area contributed by atoms with Gasteiger partial charge in [0, 0.05) is 30.4 Å². The van der Waals surface area contributed by atoms with Crippen molar-refractivity contribution in [1.82, 2.24) is 15.3 Å². The first-order valence-corrected chi connectivity index (χ1v) is 7.45. The largest absolute Gasteiger partial charge is 0.352 e. The van der Waals surface area contributed by atoms with Crippen molar-refractivity contribution in [3.63, 3.8) is 0 Å². The van der Waals surface area contributed by atoms with Crippen LogP contribution < -0.4 is 5.32 Å². The van der Waals surface area contributed by atoms with E-state index >= 15 is 0 Å². The van der Waals surface area contributed by atoms with Gasteiger partial charge in [0.05, 0.1) is 5.56 Å². The van der Waals surface area contributed by atoms with Crippen LogP contribution >= 0.6 is 11.6 Å². The highest BCUT2D eigenvalue weighted by molar-refractivity contribution is 6.28. The van der Waals surface area contributed by atoms with Crippen LogP contribution in [-0.4, -0.2) is 15.9 Å². The molecule has 1 N–H and O–H groups in total. The predicted molar refractivity (Wildman–Crippen MR) is 84.0 cm³/mol. The zero-order valence-electron chi connectivity index (χ0n) is 11.8. The van der Waals surface area contributed by atoms with Crippen molar-refractivity contribution in [3.05, 3.63) is 58.6 Å². The summed E-state index contributed by atoms with van der Waals surface area (Å²) < 4.78 is 0. The zero-order valence-corrected chi connectivity index (χ0v) is 12.6. The third-order valence-corrected chi connectivity index (χ3v) is 3.54. The fourth-order valence-electron chi connectivity index (χ4n) is 1.91. The second kappa shape index (κ2) is 6.59. The molecule has 0 aliphatic heterocycles. The maximum atomic E-state index is 11.6. The van der Waals surface area contributed by atoms with Crippen LogP contribution in [0.3, 0.4) is 0 Å². The normalized spacial score (nSPS) is 13.1. The van der Waals surface area contributed by atoms with E-state index in [1.807, 2.05) is 24.3 Å². The first-order chi connectivity index (χ1) is 10.7. The highest BCUT2D eigenvalue weighted by Crippen LogP contribution is 2.28.